The summed E-state index contributed by atoms with van der Waals surface area (Å²) in [4.78, 5) is 10.4. The summed E-state index contributed by atoms with van der Waals surface area (Å²) in [5.74, 6) is -3.27. The van der Waals surface area contributed by atoms with E-state index in [2.05, 4.69) is 13.0 Å². The molecule has 0 aromatic heterocycles. The second-order valence-corrected chi connectivity index (χ2v) is 5.83. The molecule has 3 N–H and O–H groups in total. The van der Waals surface area contributed by atoms with Gasteiger partial charge in [0.15, 0.2) is 5.76 Å². The van der Waals surface area contributed by atoms with Crippen LogP contribution in [-0.4, -0.2) is 21.3 Å². The molecule has 0 spiro atoms. The number of aliphatic hydroxyl groups excluding tert-OH is 2. The molecule has 0 amide bonds. The maximum atomic E-state index is 10.4. The maximum Gasteiger partial charge on any atom is 0.374 e. The number of rotatable bonds is 14. The van der Waals surface area contributed by atoms with Crippen LogP contribution in [0.3, 0.4) is 0 Å². The number of hydrogen-bond donors (Lipinski definition) is 3. The molecule has 0 unspecified atom stereocenters. The largest absolute Gasteiger partial charge is 0.504 e. The van der Waals surface area contributed by atoms with Crippen LogP contribution < -0.4 is 0 Å². The molecule has 0 aromatic carbocycles. The molecular weight excluding hydrogens is 304 g/mol. The summed E-state index contributed by atoms with van der Waals surface area (Å²) in [6, 6.07) is 0. The van der Waals surface area contributed by atoms with Gasteiger partial charge in [-0.3, -0.25) is 0 Å². The minimum atomic E-state index is -1.55. The summed E-state index contributed by atoms with van der Waals surface area (Å²) >= 11 is 0. The Morgan fingerprint density at radius 1 is 0.750 bits per heavy atom. The van der Waals surface area contributed by atoms with Gasteiger partial charge in [-0.25, -0.2) is 4.79 Å². The molecule has 0 fully saturated rings. The van der Waals surface area contributed by atoms with Crippen LogP contribution in [0, 0.1) is 0 Å². The van der Waals surface area contributed by atoms with Crippen molar-refractivity contribution in [2.24, 2.45) is 0 Å². The molecule has 136 valence electrons. The van der Waals surface area contributed by atoms with Gasteiger partial charge >= 0.3 is 5.97 Å². The van der Waals surface area contributed by atoms with Crippen LogP contribution >= 0.6 is 0 Å². The van der Waals surface area contributed by atoms with E-state index in [1.807, 2.05) is 6.08 Å². The zero-order valence-electron chi connectivity index (χ0n) is 14.8. The third kappa shape index (κ3) is 13.7. The van der Waals surface area contributed by atoms with E-state index in [0.29, 0.717) is 0 Å². The fourth-order valence-corrected chi connectivity index (χ4v) is 2.21. The molecule has 4 nitrogen and oxygen atoms in total. The molecule has 0 saturated carbocycles. The highest BCUT2D eigenvalue weighted by Gasteiger charge is 2.08. The Labute approximate surface area is 145 Å². The average Bonchev–Trinajstić information content (AvgIpc) is 2.57. The zero-order valence-corrected chi connectivity index (χ0v) is 14.8. The SMILES string of the molecule is CCCCCCCCCCC/C=C/C=C\C=C\C(O)=C(O)C(=O)O. The lowest BCUT2D eigenvalue weighted by atomic mass is 10.1. The molecule has 0 rings (SSSR count). The van der Waals surface area contributed by atoms with Crippen molar-refractivity contribution in [3.63, 3.8) is 0 Å². The highest BCUT2D eigenvalue weighted by atomic mass is 16.4. The summed E-state index contributed by atoms with van der Waals surface area (Å²) in [7, 11) is 0. The van der Waals surface area contributed by atoms with Crippen molar-refractivity contribution in [3.8, 4) is 0 Å². The molecule has 0 aliphatic rings. The molecule has 24 heavy (non-hydrogen) atoms. The molecule has 0 bridgehead atoms. The van der Waals surface area contributed by atoms with Crippen LogP contribution in [0.4, 0.5) is 0 Å². The first-order chi connectivity index (χ1) is 11.6. The van der Waals surface area contributed by atoms with E-state index in [9.17, 15) is 9.90 Å². The Morgan fingerprint density at radius 2 is 1.29 bits per heavy atom. The van der Waals surface area contributed by atoms with E-state index in [0.717, 1.165) is 12.5 Å². The Kier molecular flexibility index (Phi) is 14.6. The summed E-state index contributed by atoms with van der Waals surface area (Å²) in [5.41, 5.74) is 0. The smallest absolute Gasteiger partial charge is 0.374 e. The lowest BCUT2D eigenvalue weighted by molar-refractivity contribution is -0.135. The van der Waals surface area contributed by atoms with Gasteiger partial charge in [0.1, 0.15) is 0 Å². The van der Waals surface area contributed by atoms with Crippen molar-refractivity contribution in [3.05, 3.63) is 48.0 Å². The summed E-state index contributed by atoms with van der Waals surface area (Å²) in [5, 5.41) is 26.6. The Hall–Kier alpha value is -1.97. The van der Waals surface area contributed by atoms with E-state index in [-0.39, 0.29) is 0 Å². The van der Waals surface area contributed by atoms with Crippen molar-refractivity contribution in [1.29, 1.82) is 0 Å². The summed E-state index contributed by atoms with van der Waals surface area (Å²) < 4.78 is 0. The highest BCUT2D eigenvalue weighted by Crippen LogP contribution is 2.10. The van der Waals surface area contributed by atoms with E-state index in [1.54, 1.807) is 12.2 Å². The first kappa shape index (κ1) is 22.0. The highest BCUT2D eigenvalue weighted by molar-refractivity contribution is 5.84. The van der Waals surface area contributed by atoms with Crippen LogP contribution in [0.15, 0.2) is 48.0 Å². The molecule has 0 radical (unpaired) electrons. The van der Waals surface area contributed by atoms with Crippen LogP contribution in [0.5, 0.6) is 0 Å². The number of allylic oxidation sites excluding steroid dienone is 6. The predicted molar refractivity (Wildman–Crippen MR) is 99.2 cm³/mol. The average molecular weight is 336 g/mol. The van der Waals surface area contributed by atoms with Crippen LogP contribution in [0.25, 0.3) is 0 Å². The van der Waals surface area contributed by atoms with E-state index in [4.69, 9.17) is 10.2 Å². The van der Waals surface area contributed by atoms with E-state index < -0.39 is 17.5 Å². The summed E-state index contributed by atoms with van der Waals surface area (Å²) in [6.07, 6.45) is 23.1. The number of carboxylic acids is 1. The van der Waals surface area contributed by atoms with Crippen molar-refractivity contribution in [1.82, 2.24) is 0 Å². The molecule has 0 heterocycles. The van der Waals surface area contributed by atoms with Crippen molar-refractivity contribution in [2.45, 2.75) is 71.1 Å². The minimum absolute atomic E-state index is 0.661. The Bertz CT molecular complexity index is 445. The van der Waals surface area contributed by atoms with Gasteiger partial charge in [-0.2, -0.15) is 0 Å². The number of carbonyl (C=O) groups is 1. The summed E-state index contributed by atoms with van der Waals surface area (Å²) in [6.45, 7) is 2.24. The number of aliphatic hydroxyl groups is 2. The van der Waals surface area contributed by atoms with Gasteiger partial charge in [0.05, 0.1) is 0 Å². The standard InChI is InChI=1S/C20H32O4/c1-2-3-4-5-6-7-8-9-10-11-12-13-14-15-16-17-18(21)19(22)20(23)24/h12-17,21-22H,2-11H2,1H3,(H,23,24)/b13-12+,15-14-,17-16+,19-18?. The van der Waals surface area contributed by atoms with Gasteiger partial charge in [0, 0.05) is 0 Å². The normalized spacial score (nSPS) is 13.2. The second kappa shape index (κ2) is 15.9. The fourth-order valence-electron chi connectivity index (χ4n) is 2.21. The third-order valence-electron chi connectivity index (χ3n) is 3.64. The minimum Gasteiger partial charge on any atom is -0.504 e. The van der Waals surface area contributed by atoms with E-state index >= 15 is 0 Å². The number of carboxylic acid groups (broad SMARTS) is 1. The number of unbranched alkanes of at least 4 members (excludes halogenated alkanes) is 9. The molecule has 0 atom stereocenters. The second-order valence-electron chi connectivity index (χ2n) is 5.83. The van der Waals surface area contributed by atoms with Crippen molar-refractivity contribution in [2.75, 3.05) is 0 Å². The molecule has 4 heteroatoms. The number of aliphatic carboxylic acids is 1. The Morgan fingerprint density at radius 3 is 1.88 bits per heavy atom. The van der Waals surface area contributed by atoms with Gasteiger partial charge in [0.2, 0.25) is 5.76 Å². The first-order valence-electron chi connectivity index (χ1n) is 8.95. The van der Waals surface area contributed by atoms with Crippen LogP contribution in [0.2, 0.25) is 0 Å². The lowest BCUT2D eigenvalue weighted by Crippen LogP contribution is -2.02. The van der Waals surface area contributed by atoms with Crippen molar-refractivity contribution < 1.29 is 20.1 Å². The quantitative estimate of drug-likeness (QED) is 0.158. The fraction of sp³-hybridized carbons (Fsp3) is 0.550. The third-order valence-corrected chi connectivity index (χ3v) is 3.64. The van der Waals surface area contributed by atoms with Crippen LogP contribution in [0.1, 0.15) is 71.1 Å². The zero-order chi connectivity index (χ0) is 18.0. The molecular formula is C20H32O4. The number of hydrogen-bond acceptors (Lipinski definition) is 3. The Balaban J connectivity index is 3.62. The maximum absolute atomic E-state index is 10.4. The molecule has 0 aliphatic carbocycles. The lowest BCUT2D eigenvalue weighted by Gasteiger charge is -2.00. The van der Waals surface area contributed by atoms with Gasteiger partial charge in [-0.05, 0) is 18.9 Å². The van der Waals surface area contributed by atoms with Gasteiger partial charge in [0.25, 0.3) is 0 Å². The van der Waals surface area contributed by atoms with Gasteiger partial charge in [-0.15, -0.1) is 0 Å². The topological polar surface area (TPSA) is 77.8 Å². The monoisotopic (exact) mass is 336 g/mol. The predicted octanol–water partition coefficient (Wildman–Crippen LogP) is 5.99. The van der Waals surface area contributed by atoms with Gasteiger partial charge < -0.3 is 15.3 Å². The molecule has 0 aliphatic heterocycles. The van der Waals surface area contributed by atoms with Crippen LogP contribution in [-0.2, 0) is 4.79 Å². The van der Waals surface area contributed by atoms with Crippen molar-refractivity contribution >= 4 is 5.97 Å². The molecule has 0 aromatic rings. The molecule has 0 saturated heterocycles. The van der Waals surface area contributed by atoms with E-state index in [1.165, 1.54) is 63.9 Å². The van der Waals surface area contributed by atoms with Gasteiger partial charge in [-0.1, -0.05) is 88.7 Å². The first-order valence-corrected chi connectivity index (χ1v) is 8.95.